The number of aryl methyl sites for hydroxylation is 1. The molecule has 0 amide bonds. The van der Waals surface area contributed by atoms with Crippen molar-refractivity contribution in [2.75, 3.05) is 5.32 Å². The first-order valence-electron chi connectivity index (χ1n) is 5.33. The molecule has 0 atom stereocenters. The van der Waals surface area contributed by atoms with E-state index in [9.17, 15) is 0 Å². The monoisotopic (exact) mass is 246 g/mol. The van der Waals surface area contributed by atoms with Crippen molar-refractivity contribution in [3.05, 3.63) is 53.5 Å². The van der Waals surface area contributed by atoms with Crippen molar-refractivity contribution < 1.29 is 4.42 Å². The number of nitrogens with one attached hydrogen (secondary N) is 1. The summed E-state index contributed by atoms with van der Waals surface area (Å²) in [6, 6.07) is 9.73. The van der Waals surface area contributed by atoms with E-state index >= 15 is 0 Å². The Morgan fingerprint density at radius 2 is 2.24 bits per heavy atom. The average molecular weight is 246 g/mol. The number of benzene rings is 1. The van der Waals surface area contributed by atoms with Gasteiger partial charge in [0.15, 0.2) is 0 Å². The van der Waals surface area contributed by atoms with Gasteiger partial charge < -0.3 is 15.5 Å². The van der Waals surface area contributed by atoms with Gasteiger partial charge in [0.05, 0.1) is 12.8 Å². The zero-order valence-corrected chi connectivity index (χ0v) is 10.4. The van der Waals surface area contributed by atoms with Crippen LogP contribution < -0.4 is 11.1 Å². The molecule has 1 aromatic carbocycles. The summed E-state index contributed by atoms with van der Waals surface area (Å²) in [5.74, 6) is 0.904. The molecular weight excluding hydrogens is 232 g/mol. The molecule has 2 rings (SSSR count). The van der Waals surface area contributed by atoms with Gasteiger partial charge in [0.2, 0.25) is 0 Å². The molecular formula is C13H14N2OS. The molecule has 88 valence electrons. The smallest absolute Gasteiger partial charge is 0.122 e. The van der Waals surface area contributed by atoms with Crippen LogP contribution in [0.3, 0.4) is 0 Å². The van der Waals surface area contributed by atoms with Crippen LogP contribution in [-0.2, 0) is 6.54 Å². The fourth-order valence-electron chi connectivity index (χ4n) is 1.65. The minimum absolute atomic E-state index is 0.431. The van der Waals surface area contributed by atoms with Gasteiger partial charge in [0.1, 0.15) is 10.7 Å². The van der Waals surface area contributed by atoms with Crippen LogP contribution in [0, 0.1) is 6.92 Å². The highest BCUT2D eigenvalue weighted by Crippen LogP contribution is 2.16. The fraction of sp³-hybridized carbons (Fsp3) is 0.154. The van der Waals surface area contributed by atoms with E-state index in [0.29, 0.717) is 11.5 Å². The minimum atomic E-state index is 0.431. The van der Waals surface area contributed by atoms with E-state index in [1.807, 2.05) is 37.3 Å². The van der Waals surface area contributed by atoms with E-state index in [4.69, 9.17) is 22.4 Å². The molecule has 0 radical (unpaired) electrons. The highest BCUT2D eigenvalue weighted by molar-refractivity contribution is 7.80. The molecule has 3 N–H and O–H groups in total. The Morgan fingerprint density at radius 1 is 1.41 bits per heavy atom. The number of hydrogen-bond donors (Lipinski definition) is 2. The summed E-state index contributed by atoms with van der Waals surface area (Å²) in [5.41, 5.74) is 8.63. The van der Waals surface area contributed by atoms with Crippen molar-refractivity contribution in [1.82, 2.24) is 0 Å². The number of nitrogens with two attached hydrogens (primary N) is 1. The van der Waals surface area contributed by atoms with Crippen molar-refractivity contribution in [1.29, 1.82) is 0 Å². The van der Waals surface area contributed by atoms with Gasteiger partial charge in [-0.2, -0.15) is 0 Å². The largest absolute Gasteiger partial charge is 0.467 e. The Hall–Kier alpha value is -1.81. The van der Waals surface area contributed by atoms with E-state index in [0.717, 1.165) is 22.6 Å². The summed E-state index contributed by atoms with van der Waals surface area (Å²) in [6.07, 6.45) is 1.66. The van der Waals surface area contributed by atoms with Crippen LogP contribution in [0.4, 0.5) is 5.69 Å². The summed E-state index contributed by atoms with van der Waals surface area (Å²) in [5, 5.41) is 3.28. The van der Waals surface area contributed by atoms with Crippen LogP contribution in [-0.4, -0.2) is 4.99 Å². The number of hydrogen-bond acceptors (Lipinski definition) is 3. The second-order valence-corrected chi connectivity index (χ2v) is 4.27. The van der Waals surface area contributed by atoms with Crippen molar-refractivity contribution in [3.63, 3.8) is 0 Å². The second kappa shape index (κ2) is 5.01. The number of thiocarbonyl (C=S) groups is 1. The first-order chi connectivity index (χ1) is 8.16. The van der Waals surface area contributed by atoms with E-state index in [1.54, 1.807) is 6.26 Å². The number of rotatable bonds is 4. The van der Waals surface area contributed by atoms with Crippen LogP contribution in [0.15, 0.2) is 41.0 Å². The molecule has 0 bridgehead atoms. The Labute approximate surface area is 106 Å². The third-order valence-corrected chi connectivity index (χ3v) is 2.76. The van der Waals surface area contributed by atoms with Gasteiger partial charge in [-0.15, -0.1) is 0 Å². The Bertz CT molecular complexity index is 520. The molecule has 0 fully saturated rings. The van der Waals surface area contributed by atoms with Gasteiger partial charge in [-0.1, -0.05) is 12.2 Å². The fourth-order valence-corrected chi connectivity index (χ4v) is 1.88. The molecule has 2 aromatic rings. The highest BCUT2D eigenvalue weighted by atomic mass is 32.1. The average Bonchev–Trinajstić information content (AvgIpc) is 2.78. The second-order valence-electron chi connectivity index (χ2n) is 3.83. The van der Waals surface area contributed by atoms with Crippen molar-refractivity contribution in [3.8, 4) is 0 Å². The lowest BCUT2D eigenvalue weighted by molar-refractivity contribution is 0.518. The molecule has 0 aliphatic carbocycles. The Kier molecular flexibility index (Phi) is 3.44. The van der Waals surface area contributed by atoms with Gasteiger partial charge in [-0.05, 0) is 42.8 Å². The Morgan fingerprint density at radius 3 is 2.82 bits per heavy atom. The summed E-state index contributed by atoms with van der Waals surface area (Å²) in [7, 11) is 0. The van der Waals surface area contributed by atoms with E-state index in [2.05, 4.69) is 5.32 Å². The molecule has 17 heavy (non-hydrogen) atoms. The lowest BCUT2D eigenvalue weighted by Crippen LogP contribution is -2.11. The molecule has 1 aromatic heterocycles. The van der Waals surface area contributed by atoms with E-state index in [-0.39, 0.29) is 0 Å². The van der Waals surface area contributed by atoms with Crippen LogP contribution in [0.1, 0.15) is 16.9 Å². The zero-order valence-electron chi connectivity index (χ0n) is 9.57. The first kappa shape index (κ1) is 11.7. The van der Waals surface area contributed by atoms with Gasteiger partial charge in [-0.25, -0.2) is 0 Å². The molecule has 1 heterocycles. The third-order valence-electron chi connectivity index (χ3n) is 2.54. The normalized spacial score (nSPS) is 10.2. The predicted molar refractivity (Wildman–Crippen MR) is 73.1 cm³/mol. The Balaban J connectivity index is 2.07. The molecule has 0 aliphatic heterocycles. The molecule has 0 spiro atoms. The molecule has 3 nitrogen and oxygen atoms in total. The predicted octanol–water partition coefficient (Wildman–Crippen LogP) is 2.83. The topological polar surface area (TPSA) is 51.2 Å². The molecule has 4 heteroatoms. The maximum Gasteiger partial charge on any atom is 0.122 e. The third kappa shape index (κ3) is 2.85. The lowest BCUT2D eigenvalue weighted by atomic mass is 10.1. The minimum Gasteiger partial charge on any atom is -0.467 e. The van der Waals surface area contributed by atoms with Crippen LogP contribution in [0.2, 0.25) is 0 Å². The SMILES string of the molecule is Cc1cc(NCc2ccco2)ccc1C(N)=S. The maximum atomic E-state index is 5.61. The van der Waals surface area contributed by atoms with Gasteiger partial charge in [-0.3, -0.25) is 0 Å². The van der Waals surface area contributed by atoms with Gasteiger partial charge in [0.25, 0.3) is 0 Å². The number of anilines is 1. The molecule has 0 saturated carbocycles. The summed E-state index contributed by atoms with van der Waals surface area (Å²) >= 11 is 4.96. The lowest BCUT2D eigenvalue weighted by Gasteiger charge is -2.08. The van der Waals surface area contributed by atoms with Gasteiger partial charge >= 0.3 is 0 Å². The first-order valence-corrected chi connectivity index (χ1v) is 5.74. The van der Waals surface area contributed by atoms with Crippen molar-refractivity contribution in [2.24, 2.45) is 5.73 Å². The number of furan rings is 1. The van der Waals surface area contributed by atoms with Crippen molar-refractivity contribution in [2.45, 2.75) is 13.5 Å². The van der Waals surface area contributed by atoms with Crippen LogP contribution in [0.25, 0.3) is 0 Å². The zero-order chi connectivity index (χ0) is 12.3. The molecule has 0 saturated heterocycles. The van der Waals surface area contributed by atoms with E-state index in [1.165, 1.54) is 0 Å². The maximum absolute atomic E-state index is 5.61. The molecule has 0 aliphatic rings. The molecule has 0 unspecified atom stereocenters. The van der Waals surface area contributed by atoms with Crippen molar-refractivity contribution >= 4 is 22.9 Å². The van der Waals surface area contributed by atoms with Crippen LogP contribution in [0.5, 0.6) is 0 Å². The summed E-state index contributed by atoms with van der Waals surface area (Å²) in [4.78, 5) is 0.431. The van der Waals surface area contributed by atoms with Crippen LogP contribution >= 0.6 is 12.2 Å². The quantitative estimate of drug-likeness (QED) is 0.814. The van der Waals surface area contributed by atoms with Gasteiger partial charge in [0, 0.05) is 11.3 Å². The summed E-state index contributed by atoms with van der Waals surface area (Å²) in [6.45, 7) is 2.66. The highest BCUT2D eigenvalue weighted by Gasteiger charge is 2.02. The standard InChI is InChI=1S/C13H14N2OS/c1-9-7-10(4-5-12(9)13(14)17)15-8-11-3-2-6-16-11/h2-7,15H,8H2,1H3,(H2,14,17). The summed E-state index contributed by atoms with van der Waals surface area (Å²) < 4.78 is 5.24. The van der Waals surface area contributed by atoms with E-state index < -0.39 is 0 Å².